The first-order chi connectivity index (χ1) is 14.5. The molecule has 0 saturated carbocycles. The number of aromatic nitrogens is 4. The van der Waals surface area contributed by atoms with Crippen molar-refractivity contribution in [2.45, 2.75) is 49.1 Å². The summed E-state index contributed by atoms with van der Waals surface area (Å²) in [4.78, 5) is 12.3. The highest BCUT2D eigenvalue weighted by Gasteiger charge is 2.55. The lowest BCUT2D eigenvalue weighted by atomic mass is 9.85. The van der Waals surface area contributed by atoms with Crippen molar-refractivity contribution in [2.75, 3.05) is 12.8 Å². The summed E-state index contributed by atoms with van der Waals surface area (Å²) in [5, 5.41) is 33.1. The maximum absolute atomic E-state index is 11.5. The van der Waals surface area contributed by atoms with Crippen LogP contribution in [0.5, 0.6) is 0 Å². The normalized spacial score (nSPS) is 31.9. The minimum Gasteiger partial charge on any atom is -0.387 e. The fraction of sp³-hybridized carbons (Fsp3) is 0.450. The highest BCUT2D eigenvalue weighted by molar-refractivity contribution is 5.81. The Morgan fingerprint density at radius 1 is 1.23 bits per heavy atom. The number of imidazole rings is 1. The van der Waals surface area contributed by atoms with Crippen LogP contribution in [0.3, 0.4) is 0 Å². The molecule has 2 aliphatic rings. The van der Waals surface area contributed by atoms with E-state index in [1.807, 2.05) is 24.3 Å². The quantitative estimate of drug-likeness (QED) is 0.459. The minimum atomic E-state index is -1.35. The number of rotatable bonds is 4. The Morgan fingerprint density at radius 3 is 2.83 bits per heavy atom. The molecule has 3 heterocycles. The molecule has 0 bridgehead atoms. The minimum absolute atomic E-state index is 0.204. The van der Waals surface area contributed by atoms with E-state index in [0.29, 0.717) is 24.0 Å². The number of nitrogens with two attached hydrogens (primary N) is 1. The fourth-order valence-electron chi connectivity index (χ4n) is 4.74. The molecule has 1 saturated heterocycles. The zero-order valence-corrected chi connectivity index (χ0v) is 16.3. The number of hydrogen-bond donors (Lipinski definition) is 4. The molecule has 1 aliphatic carbocycles. The van der Waals surface area contributed by atoms with Crippen molar-refractivity contribution < 1.29 is 24.8 Å². The van der Waals surface area contributed by atoms with Crippen molar-refractivity contribution in [3.63, 3.8) is 0 Å². The van der Waals surface area contributed by atoms with Crippen LogP contribution in [0, 0.1) is 0 Å². The summed E-state index contributed by atoms with van der Waals surface area (Å²) < 4.78 is 13.2. The summed E-state index contributed by atoms with van der Waals surface area (Å²) in [5.41, 5.74) is 7.01. The molecule has 2 unspecified atom stereocenters. The van der Waals surface area contributed by atoms with Crippen LogP contribution in [0.2, 0.25) is 0 Å². The Hall–Kier alpha value is -2.63. The average molecular weight is 413 g/mol. The van der Waals surface area contributed by atoms with Gasteiger partial charge < -0.3 is 30.5 Å². The van der Waals surface area contributed by atoms with Crippen LogP contribution < -0.4 is 5.73 Å². The number of aliphatic hydroxyl groups is 3. The molecule has 10 nitrogen and oxygen atoms in total. The summed E-state index contributed by atoms with van der Waals surface area (Å²) in [7, 11) is 1.46. The van der Waals surface area contributed by atoms with E-state index in [-0.39, 0.29) is 5.82 Å². The third kappa shape index (κ3) is 2.65. The van der Waals surface area contributed by atoms with Crippen LogP contribution >= 0.6 is 0 Å². The lowest BCUT2D eigenvalue weighted by Crippen LogP contribution is -2.51. The standard InChI is InChI=1S/C20H23N5O5/c1-29-16(20(28)7-6-10-4-2-3-5-11(10)20)15-13(26)14(27)19(30-15)25-9-24-12-17(21)22-8-23-18(12)25/h2-5,8-9,13-16,19,26-28H,6-7H2,1H3,(H2,21,22,23)/t13-,14+,15-,16?,19+,20?/m0/s1. The predicted molar refractivity (Wildman–Crippen MR) is 105 cm³/mol. The first kappa shape index (κ1) is 19.3. The molecule has 3 aromatic rings. The molecule has 158 valence electrons. The molecular weight excluding hydrogens is 390 g/mol. The van der Waals surface area contributed by atoms with Gasteiger partial charge in [-0.25, -0.2) is 15.0 Å². The zero-order valence-electron chi connectivity index (χ0n) is 16.3. The van der Waals surface area contributed by atoms with E-state index in [0.717, 1.165) is 11.1 Å². The van der Waals surface area contributed by atoms with Crippen molar-refractivity contribution in [3.05, 3.63) is 48.0 Å². The summed E-state index contributed by atoms with van der Waals surface area (Å²) >= 11 is 0. The Kier molecular flexibility index (Phi) is 4.49. The highest BCUT2D eigenvalue weighted by atomic mass is 16.6. The number of aryl methyl sites for hydroxylation is 1. The lowest BCUT2D eigenvalue weighted by molar-refractivity contribution is -0.177. The van der Waals surface area contributed by atoms with Gasteiger partial charge in [0.2, 0.25) is 0 Å². The topological polar surface area (TPSA) is 149 Å². The van der Waals surface area contributed by atoms with E-state index in [1.54, 1.807) is 0 Å². The predicted octanol–water partition coefficient (Wildman–Crippen LogP) is -0.123. The van der Waals surface area contributed by atoms with Crippen molar-refractivity contribution in [3.8, 4) is 0 Å². The third-order valence-electron chi connectivity index (χ3n) is 6.22. The van der Waals surface area contributed by atoms with Crippen molar-refractivity contribution in [1.82, 2.24) is 19.5 Å². The first-order valence-corrected chi connectivity index (χ1v) is 9.74. The molecule has 0 radical (unpaired) electrons. The van der Waals surface area contributed by atoms with Gasteiger partial charge in [0, 0.05) is 7.11 Å². The average Bonchev–Trinajstić information content (AvgIpc) is 3.41. The number of anilines is 1. The van der Waals surface area contributed by atoms with Crippen molar-refractivity contribution in [1.29, 1.82) is 0 Å². The molecule has 0 spiro atoms. The maximum atomic E-state index is 11.5. The van der Waals surface area contributed by atoms with Gasteiger partial charge in [-0.2, -0.15) is 0 Å². The largest absolute Gasteiger partial charge is 0.387 e. The van der Waals surface area contributed by atoms with E-state index in [1.165, 1.54) is 24.3 Å². The Labute approximate surface area is 171 Å². The van der Waals surface area contributed by atoms with Gasteiger partial charge in [0.1, 0.15) is 41.9 Å². The molecule has 0 amide bonds. The molecule has 2 aromatic heterocycles. The number of fused-ring (bicyclic) bond motifs is 2. The van der Waals surface area contributed by atoms with Gasteiger partial charge in [-0.15, -0.1) is 0 Å². The Balaban J connectivity index is 1.50. The number of nitrogen functional groups attached to an aromatic ring is 1. The molecule has 1 aliphatic heterocycles. The van der Waals surface area contributed by atoms with Gasteiger partial charge in [-0.05, 0) is 24.0 Å². The molecule has 1 fully saturated rings. The second-order valence-corrected chi connectivity index (χ2v) is 7.79. The molecular formula is C20H23N5O5. The van der Waals surface area contributed by atoms with Gasteiger partial charge in [0.25, 0.3) is 0 Å². The van der Waals surface area contributed by atoms with Gasteiger partial charge in [-0.1, -0.05) is 24.3 Å². The lowest BCUT2D eigenvalue weighted by Gasteiger charge is -2.37. The molecule has 30 heavy (non-hydrogen) atoms. The molecule has 10 heteroatoms. The molecule has 6 atom stereocenters. The van der Waals surface area contributed by atoms with Crippen LogP contribution in [0.15, 0.2) is 36.9 Å². The number of ether oxygens (including phenoxy) is 2. The number of methoxy groups -OCH3 is 1. The smallest absolute Gasteiger partial charge is 0.167 e. The second-order valence-electron chi connectivity index (χ2n) is 7.79. The van der Waals surface area contributed by atoms with Crippen LogP contribution in [-0.2, 0) is 21.5 Å². The molecule has 5 N–H and O–H groups in total. The SMILES string of the molecule is COC([C@H]1O[C@@H](n2cnc3c(N)ncnc32)[C@H](O)[C@@H]1O)C1(O)CCc2ccccc21. The first-order valence-electron chi connectivity index (χ1n) is 9.74. The number of aliphatic hydroxyl groups excluding tert-OH is 2. The van der Waals surface area contributed by atoms with E-state index in [9.17, 15) is 15.3 Å². The van der Waals surface area contributed by atoms with Gasteiger partial charge in [0.05, 0.1) is 6.33 Å². The monoisotopic (exact) mass is 413 g/mol. The number of nitrogens with zero attached hydrogens (tertiary/aromatic N) is 4. The molecule has 5 rings (SSSR count). The van der Waals surface area contributed by atoms with E-state index < -0.39 is 36.2 Å². The summed E-state index contributed by atoms with van der Waals surface area (Å²) in [5.74, 6) is 0.204. The summed E-state index contributed by atoms with van der Waals surface area (Å²) in [6, 6.07) is 7.59. The van der Waals surface area contributed by atoms with Crippen LogP contribution in [0.4, 0.5) is 5.82 Å². The highest BCUT2D eigenvalue weighted by Crippen LogP contribution is 2.45. The van der Waals surface area contributed by atoms with Crippen molar-refractivity contribution in [2.24, 2.45) is 0 Å². The van der Waals surface area contributed by atoms with Crippen LogP contribution in [0.25, 0.3) is 11.2 Å². The van der Waals surface area contributed by atoms with E-state index in [4.69, 9.17) is 15.2 Å². The van der Waals surface area contributed by atoms with E-state index >= 15 is 0 Å². The van der Waals surface area contributed by atoms with Gasteiger partial charge in [0.15, 0.2) is 17.7 Å². The Bertz CT molecular complexity index is 1090. The van der Waals surface area contributed by atoms with Gasteiger partial charge in [-0.3, -0.25) is 4.57 Å². The third-order valence-corrected chi connectivity index (χ3v) is 6.22. The second kappa shape index (κ2) is 6.96. The molecule has 1 aromatic carbocycles. The van der Waals surface area contributed by atoms with Crippen molar-refractivity contribution >= 4 is 17.0 Å². The maximum Gasteiger partial charge on any atom is 0.167 e. The summed E-state index contributed by atoms with van der Waals surface area (Å²) in [6.45, 7) is 0. The van der Waals surface area contributed by atoms with Crippen LogP contribution in [0.1, 0.15) is 23.8 Å². The summed E-state index contributed by atoms with van der Waals surface area (Å²) in [6.07, 6.45) is -1.62. The fourth-order valence-corrected chi connectivity index (χ4v) is 4.74. The number of benzene rings is 1. The zero-order chi connectivity index (χ0) is 21.0. The van der Waals surface area contributed by atoms with E-state index in [2.05, 4.69) is 15.0 Å². The van der Waals surface area contributed by atoms with Gasteiger partial charge >= 0.3 is 0 Å². The van der Waals surface area contributed by atoms with Crippen LogP contribution in [-0.4, -0.2) is 66.4 Å². The number of hydrogen-bond acceptors (Lipinski definition) is 9. The Morgan fingerprint density at radius 2 is 2.03 bits per heavy atom.